The monoisotopic (exact) mass is 1680 g/mol. The molecular weight excluding hydrogens is 1530 g/mol. The van der Waals surface area contributed by atoms with Crippen molar-refractivity contribution in [1.29, 1.82) is 0 Å². The molecule has 0 saturated carbocycles. The fourth-order valence-electron chi connectivity index (χ4n) is 10.2. The SMILES string of the molecule is C.C.C.C.C.C.C.C.C.Cc1ccc(-c2ccc(C)cn2)cc1.Cc1ccc(-c2ccc(C)nc2)cc1.Cc1ccc(-c2cnc(C)nc2)cc1.Cc1ccc(C)nc1.Cc1ccc(C)nc1.Cc1ccc2cc(-c3cnc(C)nc3)ccc2c1.Cc1cnc(C)nc1.Cc1cnc(C)nc1.Cc1ncc(-c2ccc(C)c(C)c2)cn1.Cc1ncc(C)c(C)n1. The van der Waals surface area contributed by atoms with E-state index >= 15 is 0 Å². The molecule has 0 fully saturated rings. The van der Waals surface area contributed by atoms with Crippen LogP contribution in [0.25, 0.3) is 66.5 Å². The molecule has 0 aliphatic rings. The van der Waals surface area contributed by atoms with Gasteiger partial charge in [-0.2, -0.15) is 0 Å². The molecule has 16 nitrogen and oxygen atoms in total. The lowest BCUT2D eigenvalue weighted by Crippen LogP contribution is -1.92. The van der Waals surface area contributed by atoms with Crippen LogP contribution in [0.1, 0.15) is 191 Å². The molecule has 0 spiro atoms. The van der Waals surface area contributed by atoms with Crippen LogP contribution in [0.4, 0.5) is 0 Å². The van der Waals surface area contributed by atoms with Gasteiger partial charge < -0.3 is 0 Å². The maximum atomic E-state index is 4.38. The molecule has 0 saturated heterocycles. The standard InChI is InChI=1S/C16H14N2.C13H14N2.2C13H13N.C12H12N2.C7H10N2.2C7H9N.2C6H8N2.9CH4/c1-11-3-4-14-8-15(6-5-13(14)7-11)16-9-17-12(2)18-10-16;1-9-4-5-12(6-10(9)2)13-7-14-11(3)15-8-13;1-10-3-6-12(7-4-10)13-8-5-11(2)14-9-13;1-10-3-6-12(7-4-10)13-8-5-11(2)9-14-13;1-9-3-5-11(6-4-9)12-7-13-10(2)14-8-12;1-5-4-8-7(3)9-6(5)2;2*1-6-3-4-7(2)8-5-6;2*1-5-3-7-6(2)8-4-5;;;;;;;;;/h3-10H,1-2H3;4-8H,1-3H3;2*3-9H,1-2H3;3-8H,1-2H3;4H,1-3H3;2*3-5H,1-2H3;2*3-4H,1-2H3;9*1H4. The minimum absolute atomic E-state index is 0. The summed E-state index contributed by atoms with van der Waals surface area (Å²) >= 11 is 0. The zero-order chi connectivity index (χ0) is 84.1. The first-order valence-corrected chi connectivity index (χ1v) is 38.6. The van der Waals surface area contributed by atoms with Crippen molar-refractivity contribution in [2.75, 3.05) is 0 Å². The van der Waals surface area contributed by atoms with Crippen molar-refractivity contribution in [3.05, 3.63) is 393 Å². The summed E-state index contributed by atoms with van der Waals surface area (Å²) in [4.78, 5) is 66.1. The zero-order valence-electron chi connectivity index (χ0n) is 71.6. The topological polar surface area (TPSA) is 206 Å². The van der Waals surface area contributed by atoms with Gasteiger partial charge in [-0.25, -0.2) is 59.8 Å². The molecule has 125 heavy (non-hydrogen) atoms. The summed E-state index contributed by atoms with van der Waals surface area (Å²) in [7, 11) is 0. The average Bonchev–Trinajstić information content (AvgIpc) is 0.803. The van der Waals surface area contributed by atoms with Gasteiger partial charge in [0.1, 0.15) is 34.9 Å². The molecule has 0 radical (unpaired) electrons. The average molecular weight is 1680 g/mol. The third-order valence-electron chi connectivity index (χ3n) is 17.7. The summed E-state index contributed by atoms with van der Waals surface area (Å²) in [5.41, 5.74) is 30.3. The largest absolute Gasteiger partial charge is 0.261 e. The Morgan fingerprint density at radius 1 is 0.152 bits per heavy atom. The molecule has 0 aliphatic heterocycles. The van der Waals surface area contributed by atoms with Gasteiger partial charge in [0.25, 0.3) is 0 Å². The first-order valence-electron chi connectivity index (χ1n) is 38.6. The number of hydrogen-bond acceptors (Lipinski definition) is 16. The van der Waals surface area contributed by atoms with Gasteiger partial charge >= 0.3 is 0 Å². The zero-order valence-corrected chi connectivity index (χ0v) is 71.6. The summed E-state index contributed by atoms with van der Waals surface area (Å²) < 4.78 is 0. The Hall–Kier alpha value is -13.3. The number of aromatic nitrogens is 16. The Morgan fingerprint density at radius 3 is 0.760 bits per heavy atom. The Morgan fingerprint density at radius 2 is 0.424 bits per heavy atom. The van der Waals surface area contributed by atoms with Crippen molar-refractivity contribution < 1.29 is 0 Å². The molecule has 10 aromatic heterocycles. The number of aryl methyl sites for hydroxylation is 22. The van der Waals surface area contributed by atoms with E-state index in [0.29, 0.717) is 0 Å². The number of hydrogen-bond donors (Lipinski definition) is 0. The lowest BCUT2D eigenvalue weighted by Gasteiger charge is -2.04. The maximum absolute atomic E-state index is 4.38. The lowest BCUT2D eigenvalue weighted by atomic mass is 10.0. The summed E-state index contributed by atoms with van der Waals surface area (Å²) in [6.45, 7) is 44.0. The smallest absolute Gasteiger partial charge is 0.125 e. The highest BCUT2D eigenvalue weighted by Crippen LogP contribution is 2.26. The van der Waals surface area contributed by atoms with Crippen LogP contribution in [0.2, 0.25) is 0 Å². The van der Waals surface area contributed by atoms with Crippen LogP contribution in [0.5, 0.6) is 0 Å². The van der Waals surface area contributed by atoms with Crippen LogP contribution in [0, 0.1) is 152 Å². The van der Waals surface area contributed by atoms with Gasteiger partial charge in [0.2, 0.25) is 0 Å². The van der Waals surface area contributed by atoms with E-state index in [4.69, 9.17) is 0 Å². The van der Waals surface area contributed by atoms with Gasteiger partial charge in [0, 0.05) is 144 Å². The minimum Gasteiger partial charge on any atom is -0.261 e. The molecule has 0 unspecified atom stereocenters. The molecule has 0 bridgehead atoms. The molecule has 16 heteroatoms. The molecule has 6 aromatic carbocycles. The van der Waals surface area contributed by atoms with Gasteiger partial charge in [-0.15, -0.1) is 0 Å². The number of fused-ring (bicyclic) bond motifs is 1. The van der Waals surface area contributed by atoms with Crippen LogP contribution >= 0.6 is 0 Å². The van der Waals surface area contributed by atoms with Crippen molar-refractivity contribution in [1.82, 2.24) is 79.7 Å². The van der Waals surface area contributed by atoms with E-state index < -0.39 is 0 Å². The lowest BCUT2D eigenvalue weighted by molar-refractivity contribution is 0.986. The summed E-state index contributed by atoms with van der Waals surface area (Å²) in [6, 6.07) is 61.0. The molecule has 16 aromatic rings. The molecule has 0 atom stereocenters. The van der Waals surface area contributed by atoms with Crippen molar-refractivity contribution in [3.8, 4) is 55.8 Å². The van der Waals surface area contributed by atoms with Crippen molar-refractivity contribution in [2.24, 2.45) is 0 Å². The predicted molar refractivity (Wildman–Crippen MR) is 539 cm³/mol. The molecular formula is C109H146N16. The quantitative estimate of drug-likeness (QED) is 0.157. The first kappa shape index (κ1) is 116. The van der Waals surface area contributed by atoms with Crippen LogP contribution in [0.15, 0.2) is 269 Å². The summed E-state index contributed by atoms with van der Waals surface area (Å²) in [5.74, 6) is 4.92. The molecule has 0 amide bonds. The number of nitrogens with zero attached hydrogens (tertiary/aromatic N) is 16. The fourth-order valence-corrected chi connectivity index (χ4v) is 10.2. The third kappa shape index (κ3) is 42.8. The van der Waals surface area contributed by atoms with E-state index in [1.807, 2.05) is 222 Å². The fraction of sp³-hybridized carbons (Fsp3) is 0.284. The van der Waals surface area contributed by atoms with Gasteiger partial charge in [-0.05, 0) is 260 Å². The predicted octanol–water partition coefficient (Wildman–Crippen LogP) is 29.2. The summed E-state index contributed by atoms with van der Waals surface area (Å²) in [5, 5.41) is 2.52. The first-order chi connectivity index (χ1) is 55.5. The highest BCUT2D eigenvalue weighted by molar-refractivity contribution is 5.87. The Kier molecular flexibility index (Phi) is 55.8. The number of benzene rings is 6. The second kappa shape index (κ2) is 60.2. The van der Waals surface area contributed by atoms with E-state index in [1.54, 1.807) is 0 Å². The molecule has 662 valence electrons. The van der Waals surface area contributed by atoms with Crippen molar-refractivity contribution in [3.63, 3.8) is 0 Å². The number of rotatable bonds is 5. The van der Waals surface area contributed by atoms with Crippen LogP contribution in [0.3, 0.4) is 0 Å². The van der Waals surface area contributed by atoms with E-state index in [1.165, 1.54) is 83.1 Å². The Balaban J connectivity index is -0.00000133. The molecule has 0 aliphatic carbocycles. The normalized spacial score (nSPS) is 9.26. The Labute approximate surface area is 754 Å². The molecule has 16 rings (SSSR count). The van der Waals surface area contributed by atoms with Gasteiger partial charge in [-0.1, -0.05) is 235 Å². The van der Waals surface area contributed by atoms with Crippen molar-refractivity contribution in [2.45, 2.75) is 219 Å². The van der Waals surface area contributed by atoms with Gasteiger partial charge in [0.05, 0.1) is 5.69 Å². The van der Waals surface area contributed by atoms with E-state index in [-0.39, 0.29) is 66.8 Å². The molecule has 10 heterocycles. The van der Waals surface area contributed by atoms with Crippen LogP contribution in [-0.2, 0) is 0 Å². The Bertz CT molecular complexity index is 4960. The second-order valence-electron chi connectivity index (χ2n) is 28.7. The number of pyridine rings is 4. The highest BCUT2D eigenvalue weighted by atomic mass is 14.9. The van der Waals surface area contributed by atoms with Crippen LogP contribution in [-0.4, -0.2) is 79.7 Å². The minimum atomic E-state index is 0. The summed E-state index contributed by atoms with van der Waals surface area (Å²) in [6.07, 6.45) is 27.8. The van der Waals surface area contributed by atoms with Crippen molar-refractivity contribution >= 4 is 10.8 Å². The van der Waals surface area contributed by atoms with Gasteiger partial charge in [-0.3, -0.25) is 19.9 Å². The third-order valence-corrected chi connectivity index (χ3v) is 17.7. The van der Waals surface area contributed by atoms with Gasteiger partial charge in [0.15, 0.2) is 0 Å². The highest BCUT2D eigenvalue weighted by Gasteiger charge is 2.05. The maximum Gasteiger partial charge on any atom is 0.125 e. The van der Waals surface area contributed by atoms with Crippen LogP contribution < -0.4 is 0 Å². The van der Waals surface area contributed by atoms with E-state index in [2.05, 4.69) is 279 Å². The molecule has 0 N–H and O–H groups in total. The van der Waals surface area contributed by atoms with E-state index in [9.17, 15) is 0 Å². The second-order valence-corrected chi connectivity index (χ2v) is 28.7. The van der Waals surface area contributed by atoms with E-state index in [0.717, 1.165) is 108 Å².